The average Bonchev–Trinajstić information content (AvgIpc) is 2.90. The summed E-state index contributed by atoms with van der Waals surface area (Å²) in [5.74, 6) is 2.47. The van der Waals surface area contributed by atoms with Crippen molar-refractivity contribution in [3.63, 3.8) is 0 Å². The Hall–Kier alpha value is -0.540. The van der Waals surface area contributed by atoms with Gasteiger partial charge in [-0.3, -0.25) is 0 Å². The fraction of sp³-hybridized carbons (Fsp3) is 0.647. The average molecular weight is 340 g/mol. The van der Waals surface area contributed by atoms with Gasteiger partial charge in [0.05, 0.1) is 6.61 Å². The van der Waals surface area contributed by atoms with E-state index in [2.05, 4.69) is 53.3 Å². The van der Waals surface area contributed by atoms with Crippen molar-refractivity contribution >= 4 is 15.9 Å². The highest BCUT2D eigenvalue weighted by molar-refractivity contribution is 9.10. The molecule has 1 fully saturated rings. The summed E-state index contributed by atoms with van der Waals surface area (Å²) in [5, 5.41) is 3.50. The molecule has 1 aliphatic carbocycles. The molecule has 0 bridgehead atoms. The molecule has 0 atom stereocenters. The molecule has 0 radical (unpaired) electrons. The van der Waals surface area contributed by atoms with Crippen molar-refractivity contribution in [2.75, 3.05) is 13.2 Å². The SMILES string of the molecule is CC(C)CNCc1cc(Br)ccc1OCC1CCCC1. The van der Waals surface area contributed by atoms with Gasteiger partial charge in [0.15, 0.2) is 0 Å². The molecule has 1 aromatic carbocycles. The molecule has 0 aliphatic heterocycles. The van der Waals surface area contributed by atoms with Crippen LogP contribution in [0.15, 0.2) is 22.7 Å². The van der Waals surface area contributed by atoms with E-state index in [1.54, 1.807) is 0 Å². The number of hydrogen-bond acceptors (Lipinski definition) is 2. The van der Waals surface area contributed by atoms with Crippen LogP contribution in [0.4, 0.5) is 0 Å². The summed E-state index contributed by atoms with van der Waals surface area (Å²) in [7, 11) is 0. The Morgan fingerprint density at radius 2 is 2.05 bits per heavy atom. The first-order chi connectivity index (χ1) is 9.65. The van der Waals surface area contributed by atoms with Gasteiger partial charge in [-0.2, -0.15) is 0 Å². The normalized spacial score (nSPS) is 16.0. The van der Waals surface area contributed by atoms with E-state index >= 15 is 0 Å². The van der Waals surface area contributed by atoms with Crippen LogP contribution in [0.3, 0.4) is 0 Å². The Balaban J connectivity index is 1.91. The third-order valence-corrected chi connectivity index (χ3v) is 4.33. The van der Waals surface area contributed by atoms with Crippen LogP contribution < -0.4 is 10.1 Å². The van der Waals surface area contributed by atoms with Gasteiger partial charge in [0, 0.05) is 16.6 Å². The van der Waals surface area contributed by atoms with E-state index in [1.807, 2.05) is 0 Å². The standard InChI is InChI=1S/C17H26BrNO/c1-13(2)10-19-11-15-9-16(18)7-8-17(15)20-12-14-5-3-4-6-14/h7-9,13-14,19H,3-6,10-12H2,1-2H3. The summed E-state index contributed by atoms with van der Waals surface area (Å²) in [5.41, 5.74) is 1.25. The monoisotopic (exact) mass is 339 g/mol. The molecule has 20 heavy (non-hydrogen) atoms. The Labute approximate surface area is 131 Å². The highest BCUT2D eigenvalue weighted by atomic mass is 79.9. The number of nitrogens with one attached hydrogen (secondary N) is 1. The van der Waals surface area contributed by atoms with Crippen molar-refractivity contribution in [2.45, 2.75) is 46.1 Å². The Bertz CT molecular complexity index is 413. The number of ether oxygens (including phenoxy) is 1. The molecule has 0 aromatic heterocycles. The molecule has 1 aliphatic rings. The van der Waals surface area contributed by atoms with Crippen molar-refractivity contribution in [3.8, 4) is 5.75 Å². The van der Waals surface area contributed by atoms with Crippen LogP contribution in [-0.2, 0) is 6.54 Å². The fourth-order valence-electron chi connectivity index (χ4n) is 2.71. The van der Waals surface area contributed by atoms with Gasteiger partial charge in [-0.05, 0) is 49.4 Å². The zero-order valence-corrected chi connectivity index (χ0v) is 14.2. The van der Waals surface area contributed by atoms with Crippen LogP contribution in [0.25, 0.3) is 0 Å². The Morgan fingerprint density at radius 1 is 1.30 bits per heavy atom. The zero-order chi connectivity index (χ0) is 14.4. The van der Waals surface area contributed by atoms with Crippen LogP contribution in [-0.4, -0.2) is 13.2 Å². The summed E-state index contributed by atoms with van der Waals surface area (Å²) in [4.78, 5) is 0. The lowest BCUT2D eigenvalue weighted by Crippen LogP contribution is -2.19. The number of hydrogen-bond donors (Lipinski definition) is 1. The number of rotatable bonds is 7. The quantitative estimate of drug-likeness (QED) is 0.772. The fourth-order valence-corrected chi connectivity index (χ4v) is 3.12. The summed E-state index contributed by atoms with van der Waals surface area (Å²) >= 11 is 3.55. The third kappa shape index (κ3) is 5.10. The van der Waals surface area contributed by atoms with Crippen LogP contribution in [0, 0.1) is 11.8 Å². The number of halogens is 1. The molecular weight excluding hydrogens is 314 g/mol. The highest BCUT2D eigenvalue weighted by Crippen LogP contribution is 2.28. The van der Waals surface area contributed by atoms with Crippen molar-refractivity contribution in [2.24, 2.45) is 11.8 Å². The van der Waals surface area contributed by atoms with E-state index in [-0.39, 0.29) is 0 Å². The van der Waals surface area contributed by atoms with Gasteiger partial charge < -0.3 is 10.1 Å². The lowest BCUT2D eigenvalue weighted by Gasteiger charge is -2.16. The molecule has 0 amide bonds. The molecule has 1 N–H and O–H groups in total. The molecule has 3 heteroatoms. The lowest BCUT2D eigenvalue weighted by atomic mass is 10.1. The van der Waals surface area contributed by atoms with Crippen LogP contribution >= 0.6 is 15.9 Å². The van der Waals surface area contributed by atoms with Crippen molar-refractivity contribution in [1.29, 1.82) is 0 Å². The van der Waals surface area contributed by atoms with E-state index in [4.69, 9.17) is 4.74 Å². The van der Waals surface area contributed by atoms with Gasteiger partial charge in [0.25, 0.3) is 0 Å². The van der Waals surface area contributed by atoms with E-state index in [9.17, 15) is 0 Å². The highest BCUT2D eigenvalue weighted by Gasteiger charge is 2.16. The van der Waals surface area contributed by atoms with Crippen LogP contribution in [0.1, 0.15) is 45.1 Å². The minimum atomic E-state index is 0.671. The molecule has 1 aromatic rings. The number of benzene rings is 1. The summed E-state index contributed by atoms with van der Waals surface area (Å²) in [6.45, 7) is 7.24. The first kappa shape index (κ1) is 15.8. The molecule has 0 heterocycles. The second-order valence-corrected chi connectivity index (χ2v) is 7.15. The second-order valence-electron chi connectivity index (χ2n) is 6.24. The second kappa shape index (κ2) is 8.04. The minimum absolute atomic E-state index is 0.671. The predicted octanol–water partition coefficient (Wildman–Crippen LogP) is 4.76. The van der Waals surface area contributed by atoms with Gasteiger partial charge in [0.2, 0.25) is 0 Å². The molecule has 2 rings (SSSR count). The van der Waals surface area contributed by atoms with Gasteiger partial charge in [-0.25, -0.2) is 0 Å². The van der Waals surface area contributed by atoms with E-state index < -0.39 is 0 Å². The topological polar surface area (TPSA) is 21.3 Å². The first-order valence-electron chi connectivity index (χ1n) is 7.77. The smallest absolute Gasteiger partial charge is 0.123 e. The van der Waals surface area contributed by atoms with Crippen molar-refractivity contribution < 1.29 is 4.74 Å². The van der Waals surface area contributed by atoms with Gasteiger partial charge in [-0.1, -0.05) is 42.6 Å². The molecular formula is C17H26BrNO. The minimum Gasteiger partial charge on any atom is -0.493 e. The maximum atomic E-state index is 6.07. The van der Waals surface area contributed by atoms with Crippen LogP contribution in [0.5, 0.6) is 5.75 Å². The van der Waals surface area contributed by atoms with Crippen molar-refractivity contribution in [1.82, 2.24) is 5.32 Å². The molecule has 0 spiro atoms. The Kier molecular flexibility index (Phi) is 6.37. The molecule has 112 valence electrons. The molecule has 1 saturated carbocycles. The zero-order valence-electron chi connectivity index (χ0n) is 12.6. The first-order valence-corrected chi connectivity index (χ1v) is 8.56. The van der Waals surface area contributed by atoms with E-state index in [1.165, 1.54) is 31.2 Å². The maximum absolute atomic E-state index is 6.07. The molecule has 0 unspecified atom stereocenters. The van der Waals surface area contributed by atoms with Gasteiger partial charge in [-0.15, -0.1) is 0 Å². The van der Waals surface area contributed by atoms with Crippen molar-refractivity contribution in [3.05, 3.63) is 28.2 Å². The molecule has 0 saturated heterocycles. The van der Waals surface area contributed by atoms with Gasteiger partial charge in [0.1, 0.15) is 5.75 Å². The largest absolute Gasteiger partial charge is 0.493 e. The van der Waals surface area contributed by atoms with E-state index in [0.717, 1.165) is 35.8 Å². The predicted molar refractivity (Wildman–Crippen MR) is 88.1 cm³/mol. The summed E-state index contributed by atoms with van der Waals surface area (Å²) in [6, 6.07) is 6.32. The lowest BCUT2D eigenvalue weighted by molar-refractivity contribution is 0.249. The third-order valence-electron chi connectivity index (χ3n) is 3.84. The molecule has 2 nitrogen and oxygen atoms in total. The van der Waals surface area contributed by atoms with Crippen LogP contribution in [0.2, 0.25) is 0 Å². The maximum Gasteiger partial charge on any atom is 0.123 e. The summed E-state index contributed by atoms with van der Waals surface area (Å²) < 4.78 is 7.19. The van der Waals surface area contributed by atoms with E-state index in [0.29, 0.717) is 5.92 Å². The van der Waals surface area contributed by atoms with Gasteiger partial charge >= 0.3 is 0 Å². The Morgan fingerprint density at radius 3 is 2.75 bits per heavy atom. The summed E-state index contributed by atoms with van der Waals surface area (Å²) in [6.07, 6.45) is 5.41.